The Morgan fingerprint density at radius 3 is 2.86 bits per heavy atom. The number of esters is 1. The topological polar surface area (TPSA) is 106 Å². The highest BCUT2D eigenvalue weighted by Gasteiger charge is 2.37. The average Bonchev–Trinajstić information content (AvgIpc) is 2.65. The Kier molecular flexibility index (Phi) is 3.34. The fourth-order valence-electron chi connectivity index (χ4n) is 2.42. The van der Waals surface area contributed by atoms with Gasteiger partial charge >= 0.3 is 5.97 Å². The number of fused-ring (bicyclic) bond motifs is 2. The molecular weight excluding hydrogens is 292 g/mol. The Bertz CT molecular complexity index is 834. The number of aliphatic hydroxyl groups excluding tert-OH is 1. The summed E-state index contributed by atoms with van der Waals surface area (Å²) in [5.41, 5.74) is -0.747. The SMILES string of the molecule is COC(=O)[C@@H]1c2c(oc3cccc(O)c3c2=O)OC=C[C@@H]1O. The Balaban J connectivity index is 2.38. The monoisotopic (exact) mass is 304 g/mol. The van der Waals surface area contributed by atoms with E-state index in [1.165, 1.54) is 24.3 Å². The number of ether oxygens (including phenoxy) is 2. The van der Waals surface area contributed by atoms with Crippen LogP contribution in [0.15, 0.2) is 39.7 Å². The third-order valence-electron chi connectivity index (χ3n) is 3.46. The molecule has 1 aliphatic rings. The molecule has 0 aliphatic carbocycles. The predicted octanol–water partition coefficient (Wildman–Crippen LogP) is 1.02. The number of rotatable bonds is 1. The Hall–Kier alpha value is -2.80. The van der Waals surface area contributed by atoms with Gasteiger partial charge in [0.15, 0.2) is 0 Å². The highest BCUT2D eigenvalue weighted by Crippen LogP contribution is 2.35. The summed E-state index contributed by atoms with van der Waals surface area (Å²) in [4.78, 5) is 24.6. The van der Waals surface area contributed by atoms with Gasteiger partial charge in [0.1, 0.15) is 22.6 Å². The smallest absolute Gasteiger partial charge is 0.316 e. The summed E-state index contributed by atoms with van der Waals surface area (Å²) < 4.78 is 15.3. The van der Waals surface area contributed by atoms with Crippen LogP contribution in [-0.2, 0) is 9.53 Å². The molecule has 22 heavy (non-hydrogen) atoms. The summed E-state index contributed by atoms with van der Waals surface area (Å²) in [6, 6.07) is 4.31. The van der Waals surface area contributed by atoms with E-state index in [-0.39, 0.29) is 28.2 Å². The maximum atomic E-state index is 12.7. The third kappa shape index (κ3) is 2.03. The van der Waals surface area contributed by atoms with Gasteiger partial charge < -0.3 is 24.1 Å². The van der Waals surface area contributed by atoms with E-state index in [1.54, 1.807) is 0 Å². The summed E-state index contributed by atoms with van der Waals surface area (Å²) in [6.07, 6.45) is 1.02. The van der Waals surface area contributed by atoms with Gasteiger partial charge in [0, 0.05) is 0 Å². The Labute approximate surface area is 124 Å². The number of benzene rings is 1. The lowest BCUT2D eigenvalue weighted by Gasteiger charge is -2.17. The van der Waals surface area contributed by atoms with Gasteiger partial charge in [-0.15, -0.1) is 0 Å². The number of phenols is 1. The minimum atomic E-state index is -1.32. The summed E-state index contributed by atoms with van der Waals surface area (Å²) in [6.45, 7) is 0. The molecule has 0 amide bonds. The number of aliphatic hydroxyl groups is 1. The minimum absolute atomic E-state index is 0.0900. The van der Waals surface area contributed by atoms with Gasteiger partial charge in [0.2, 0.25) is 5.43 Å². The molecule has 1 aromatic carbocycles. The fourth-order valence-corrected chi connectivity index (χ4v) is 2.42. The van der Waals surface area contributed by atoms with E-state index < -0.39 is 23.4 Å². The minimum Gasteiger partial charge on any atom is -0.507 e. The van der Waals surface area contributed by atoms with Crippen molar-refractivity contribution in [3.05, 3.63) is 46.3 Å². The quantitative estimate of drug-likeness (QED) is 0.757. The molecule has 7 heteroatoms. The summed E-state index contributed by atoms with van der Waals surface area (Å²) in [5, 5.41) is 19.8. The first kappa shape index (κ1) is 14.2. The molecule has 3 rings (SSSR count). The molecule has 7 nitrogen and oxygen atoms in total. The van der Waals surface area contributed by atoms with E-state index in [9.17, 15) is 19.8 Å². The lowest BCUT2D eigenvalue weighted by Crippen LogP contribution is -2.30. The van der Waals surface area contributed by atoms with Crippen LogP contribution in [0.1, 0.15) is 11.5 Å². The second-order valence-electron chi connectivity index (χ2n) is 4.72. The number of carbonyl (C=O) groups excluding carboxylic acids is 1. The molecule has 2 atom stereocenters. The highest BCUT2D eigenvalue weighted by molar-refractivity contribution is 5.87. The number of methoxy groups -OCH3 is 1. The van der Waals surface area contributed by atoms with Crippen molar-refractivity contribution in [2.24, 2.45) is 0 Å². The number of hydrogen-bond acceptors (Lipinski definition) is 7. The van der Waals surface area contributed by atoms with E-state index in [4.69, 9.17) is 9.15 Å². The lowest BCUT2D eigenvalue weighted by atomic mass is 9.93. The van der Waals surface area contributed by atoms with Crippen LogP contribution in [-0.4, -0.2) is 29.4 Å². The molecule has 0 unspecified atom stereocenters. The van der Waals surface area contributed by atoms with E-state index in [2.05, 4.69) is 4.74 Å². The standard InChI is InChI=1S/C15H12O7/c1-20-14(19)11-8(17)5-6-21-15-12(11)13(18)10-7(16)3-2-4-9(10)22-15/h2-6,8,11,16-17H,1H3/t8-,11-/m0/s1. The molecule has 1 aliphatic heterocycles. The first-order valence-electron chi connectivity index (χ1n) is 6.42. The normalized spacial score (nSPS) is 20.1. The fraction of sp³-hybridized carbons (Fsp3) is 0.200. The van der Waals surface area contributed by atoms with E-state index in [0.717, 1.165) is 13.4 Å². The molecule has 2 N–H and O–H groups in total. The van der Waals surface area contributed by atoms with Crippen LogP contribution in [0.2, 0.25) is 0 Å². The van der Waals surface area contributed by atoms with Crippen LogP contribution < -0.4 is 10.2 Å². The van der Waals surface area contributed by atoms with Gasteiger partial charge in [-0.1, -0.05) is 6.07 Å². The number of phenolic OH excluding ortho intramolecular Hbond substituents is 1. The number of hydrogen-bond donors (Lipinski definition) is 2. The van der Waals surface area contributed by atoms with Crippen molar-refractivity contribution in [3.8, 4) is 11.7 Å². The van der Waals surface area contributed by atoms with E-state index >= 15 is 0 Å². The van der Waals surface area contributed by atoms with Crippen molar-refractivity contribution in [1.29, 1.82) is 0 Å². The third-order valence-corrected chi connectivity index (χ3v) is 3.46. The molecule has 2 aromatic rings. The van der Waals surface area contributed by atoms with Gasteiger partial charge in [0.05, 0.1) is 25.0 Å². The van der Waals surface area contributed by atoms with Crippen LogP contribution in [0.25, 0.3) is 11.0 Å². The van der Waals surface area contributed by atoms with Gasteiger partial charge in [-0.3, -0.25) is 9.59 Å². The largest absolute Gasteiger partial charge is 0.507 e. The summed E-state index contributed by atoms with van der Waals surface area (Å²) >= 11 is 0. The number of aromatic hydroxyl groups is 1. The molecule has 0 bridgehead atoms. The summed E-state index contributed by atoms with van der Waals surface area (Å²) in [7, 11) is 1.14. The molecule has 1 aromatic heterocycles. The number of carbonyl (C=O) groups is 1. The Morgan fingerprint density at radius 2 is 2.14 bits per heavy atom. The molecular formula is C15H12O7. The van der Waals surface area contributed by atoms with E-state index in [1.807, 2.05) is 0 Å². The maximum absolute atomic E-state index is 12.7. The van der Waals surface area contributed by atoms with Crippen molar-refractivity contribution in [2.45, 2.75) is 12.0 Å². The van der Waals surface area contributed by atoms with Crippen molar-refractivity contribution in [1.82, 2.24) is 0 Å². The van der Waals surface area contributed by atoms with Crippen molar-refractivity contribution < 1.29 is 28.9 Å². The highest BCUT2D eigenvalue weighted by atomic mass is 16.6. The second-order valence-corrected chi connectivity index (χ2v) is 4.72. The lowest BCUT2D eigenvalue weighted by molar-refractivity contribution is -0.144. The van der Waals surface area contributed by atoms with Gasteiger partial charge in [-0.2, -0.15) is 0 Å². The van der Waals surface area contributed by atoms with Gasteiger partial charge in [0.25, 0.3) is 5.95 Å². The van der Waals surface area contributed by atoms with Crippen LogP contribution >= 0.6 is 0 Å². The van der Waals surface area contributed by atoms with Crippen molar-refractivity contribution in [2.75, 3.05) is 7.11 Å². The molecule has 0 radical (unpaired) electrons. The van der Waals surface area contributed by atoms with E-state index in [0.29, 0.717) is 0 Å². The zero-order chi connectivity index (χ0) is 15.9. The first-order chi connectivity index (χ1) is 10.5. The van der Waals surface area contributed by atoms with Gasteiger partial charge in [-0.25, -0.2) is 0 Å². The maximum Gasteiger partial charge on any atom is 0.316 e. The first-order valence-corrected chi connectivity index (χ1v) is 6.42. The summed E-state index contributed by atoms with van der Waals surface area (Å²) in [5.74, 6) is -2.62. The zero-order valence-corrected chi connectivity index (χ0v) is 11.5. The van der Waals surface area contributed by atoms with Crippen molar-refractivity contribution in [3.63, 3.8) is 0 Å². The van der Waals surface area contributed by atoms with Crippen LogP contribution in [0.3, 0.4) is 0 Å². The molecule has 0 saturated heterocycles. The van der Waals surface area contributed by atoms with Crippen LogP contribution in [0.4, 0.5) is 0 Å². The van der Waals surface area contributed by atoms with Crippen LogP contribution in [0, 0.1) is 0 Å². The predicted molar refractivity (Wildman–Crippen MR) is 74.7 cm³/mol. The molecule has 114 valence electrons. The average molecular weight is 304 g/mol. The molecule has 0 spiro atoms. The Morgan fingerprint density at radius 1 is 1.36 bits per heavy atom. The molecule has 0 fully saturated rings. The molecule has 0 saturated carbocycles. The zero-order valence-electron chi connectivity index (χ0n) is 11.5. The van der Waals surface area contributed by atoms with Crippen LogP contribution in [0.5, 0.6) is 11.7 Å². The molecule has 2 heterocycles. The van der Waals surface area contributed by atoms with Gasteiger partial charge in [-0.05, 0) is 18.2 Å². The second kappa shape index (κ2) is 5.19. The van der Waals surface area contributed by atoms with Crippen molar-refractivity contribution >= 4 is 16.9 Å².